The van der Waals surface area contributed by atoms with Crippen LogP contribution in [0.5, 0.6) is 0 Å². The number of ether oxygens (including phenoxy) is 3. The van der Waals surface area contributed by atoms with Crippen molar-refractivity contribution in [1.29, 1.82) is 0 Å². The lowest BCUT2D eigenvalue weighted by Gasteiger charge is -2.22. The van der Waals surface area contributed by atoms with Gasteiger partial charge in [0, 0.05) is 26.0 Å². The van der Waals surface area contributed by atoms with Gasteiger partial charge in [-0.3, -0.25) is 0 Å². The molecule has 0 aliphatic carbocycles. The van der Waals surface area contributed by atoms with Gasteiger partial charge in [0.25, 0.3) is 0 Å². The van der Waals surface area contributed by atoms with Crippen molar-refractivity contribution in [1.82, 2.24) is 14.5 Å². The highest BCUT2D eigenvalue weighted by Crippen LogP contribution is 2.20. The molecular formula is C16H22ClN3O3. The van der Waals surface area contributed by atoms with Gasteiger partial charge in [-0.1, -0.05) is 11.6 Å². The molecule has 0 amide bonds. The molecule has 2 aromatic rings. The van der Waals surface area contributed by atoms with E-state index in [2.05, 4.69) is 14.5 Å². The zero-order valence-electron chi connectivity index (χ0n) is 13.1. The molecule has 3 rings (SSSR count). The summed E-state index contributed by atoms with van der Waals surface area (Å²) < 4.78 is 18.8. The lowest BCUT2D eigenvalue weighted by atomic mass is 10.2. The Kier molecular flexibility index (Phi) is 6.21. The van der Waals surface area contributed by atoms with Crippen LogP contribution in [0.1, 0.15) is 25.7 Å². The van der Waals surface area contributed by atoms with E-state index in [0.29, 0.717) is 25.0 Å². The van der Waals surface area contributed by atoms with Crippen LogP contribution < -0.4 is 0 Å². The van der Waals surface area contributed by atoms with Crippen molar-refractivity contribution in [3.8, 4) is 0 Å². The molecule has 6 nitrogen and oxygen atoms in total. The molecule has 0 aromatic carbocycles. The Balaban J connectivity index is 1.32. The predicted molar refractivity (Wildman–Crippen MR) is 87.5 cm³/mol. The van der Waals surface area contributed by atoms with Crippen LogP contribution in [-0.4, -0.2) is 47.3 Å². The van der Waals surface area contributed by atoms with Gasteiger partial charge in [-0.2, -0.15) is 0 Å². The number of aryl methyl sites for hydroxylation is 1. The fraction of sp³-hybridized carbons (Fsp3) is 0.625. The summed E-state index contributed by atoms with van der Waals surface area (Å²) in [5.41, 5.74) is 1.75. The smallest absolute Gasteiger partial charge is 0.157 e. The molecule has 3 heterocycles. The summed E-state index contributed by atoms with van der Waals surface area (Å²) >= 11 is 6.13. The zero-order valence-corrected chi connectivity index (χ0v) is 13.9. The summed E-state index contributed by atoms with van der Waals surface area (Å²) in [4.78, 5) is 8.23. The van der Waals surface area contributed by atoms with Gasteiger partial charge in [-0.15, -0.1) is 0 Å². The van der Waals surface area contributed by atoms with Gasteiger partial charge < -0.3 is 18.8 Å². The van der Waals surface area contributed by atoms with Crippen molar-refractivity contribution in [2.75, 3.05) is 26.4 Å². The third kappa shape index (κ3) is 4.64. The summed E-state index contributed by atoms with van der Waals surface area (Å²) in [7, 11) is 0. The van der Waals surface area contributed by atoms with Crippen LogP contribution in [0.25, 0.3) is 11.0 Å². The van der Waals surface area contributed by atoms with Crippen molar-refractivity contribution in [2.45, 2.75) is 38.5 Å². The Labute approximate surface area is 140 Å². The predicted octanol–water partition coefficient (Wildman–Crippen LogP) is 3.03. The number of rotatable bonds is 8. The first kappa shape index (κ1) is 16.6. The molecule has 126 valence electrons. The molecule has 23 heavy (non-hydrogen) atoms. The van der Waals surface area contributed by atoms with Gasteiger partial charge in [-0.25, -0.2) is 9.97 Å². The Morgan fingerprint density at radius 3 is 3.09 bits per heavy atom. The zero-order chi connectivity index (χ0) is 15.9. The standard InChI is InChI=1S/C16H22ClN3O3/c17-16-15-13(18-12-19-16)5-7-20(15)6-3-8-21-10-11-23-14-4-1-2-9-22-14/h5,7,12,14H,1-4,6,8-11H2. The summed E-state index contributed by atoms with van der Waals surface area (Å²) in [5, 5.41) is 0.488. The molecule has 1 atom stereocenters. The van der Waals surface area contributed by atoms with Crippen LogP contribution in [0.3, 0.4) is 0 Å². The van der Waals surface area contributed by atoms with Crippen LogP contribution in [0.4, 0.5) is 0 Å². The maximum atomic E-state index is 6.13. The Hall–Kier alpha value is -1.21. The van der Waals surface area contributed by atoms with E-state index in [1.807, 2.05) is 12.3 Å². The van der Waals surface area contributed by atoms with Gasteiger partial charge in [0.15, 0.2) is 11.4 Å². The molecule has 0 bridgehead atoms. The minimum absolute atomic E-state index is 0.0410. The van der Waals surface area contributed by atoms with E-state index in [1.54, 1.807) is 0 Å². The van der Waals surface area contributed by atoms with Gasteiger partial charge in [-0.05, 0) is 31.7 Å². The van der Waals surface area contributed by atoms with Crippen molar-refractivity contribution in [2.24, 2.45) is 0 Å². The quantitative estimate of drug-likeness (QED) is 0.546. The first-order valence-corrected chi connectivity index (χ1v) is 8.48. The Morgan fingerprint density at radius 1 is 1.26 bits per heavy atom. The molecule has 1 fully saturated rings. The topological polar surface area (TPSA) is 58.4 Å². The molecule has 1 unspecified atom stereocenters. The van der Waals surface area contributed by atoms with Gasteiger partial charge in [0.2, 0.25) is 0 Å². The highest BCUT2D eigenvalue weighted by molar-refractivity contribution is 6.33. The average molecular weight is 340 g/mol. The van der Waals surface area contributed by atoms with Gasteiger partial charge in [0.1, 0.15) is 11.8 Å². The number of nitrogens with zero attached hydrogens (tertiary/aromatic N) is 3. The van der Waals surface area contributed by atoms with Crippen LogP contribution in [0.15, 0.2) is 18.6 Å². The second kappa shape index (κ2) is 8.59. The minimum Gasteiger partial charge on any atom is -0.379 e. The fourth-order valence-electron chi connectivity index (χ4n) is 2.70. The first-order chi connectivity index (χ1) is 11.3. The summed E-state index contributed by atoms with van der Waals surface area (Å²) in [5.74, 6) is 0. The van der Waals surface area contributed by atoms with E-state index < -0.39 is 0 Å². The van der Waals surface area contributed by atoms with E-state index in [1.165, 1.54) is 12.7 Å². The van der Waals surface area contributed by atoms with Crippen LogP contribution in [-0.2, 0) is 20.8 Å². The van der Waals surface area contributed by atoms with E-state index in [-0.39, 0.29) is 6.29 Å². The maximum absolute atomic E-state index is 6.13. The summed E-state index contributed by atoms with van der Waals surface area (Å²) in [6.45, 7) is 3.48. The largest absolute Gasteiger partial charge is 0.379 e. The SMILES string of the molecule is Clc1ncnc2ccn(CCCOCCOC3CCCCO3)c12. The molecule has 7 heteroatoms. The van der Waals surface area contributed by atoms with Crippen molar-refractivity contribution < 1.29 is 14.2 Å². The second-order valence-corrected chi connectivity index (χ2v) is 5.90. The van der Waals surface area contributed by atoms with Crippen LogP contribution >= 0.6 is 11.6 Å². The lowest BCUT2D eigenvalue weighted by Crippen LogP contribution is -2.24. The Morgan fingerprint density at radius 2 is 2.22 bits per heavy atom. The molecule has 0 saturated carbocycles. The monoisotopic (exact) mass is 339 g/mol. The average Bonchev–Trinajstić information content (AvgIpc) is 2.99. The molecule has 1 aliphatic rings. The molecular weight excluding hydrogens is 318 g/mol. The Bertz CT molecular complexity index is 614. The lowest BCUT2D eigenvalue weighted by molar-refractivity contribution is -0.169. The number of halogens is 1. The number of aromatic nitrogens is 3. The highest BCUT2D eigenvalue weighted by atomic mass is 35.5. The number of hydrogen-bond donors (Lipinski definition) is 0. The molecule has 1 aliphatic heterocycles. The summed E-state index contributed by atoms with van der Waals surface area (Å²) in [6.07, 6.45) is 7.63. The minimum atomic E-state index is -0.0410. The summed E-state index contributed by atoms with van der Waals surface area (Å²) in [6, 6.07) is 1.95. The maximum Gasteiger partial charge on any atom is 0.157 e. The van der Waals surface area contributed by atoms with Crippen molar-refractivity contribution >= 4 is 22.6 Å². The molecule has 0 N–H and O–H groups in total. The van der Waals surface area contributed by atoms with E-state index in [9.17, 15) is 0 Å². The number of fused-ring (bicyclic) bond motifs is 1. The van der Waals surface area contributed by atoms with Crippen molar-refractivity contribution in [3.63, 3.8) is 0 Å². The highest BCUT2D eigenvalue weighted by Gasteiger charge is 2.13. The first-order valence-electron chi connectivity index (χ1n) is 8.11. The van der Waals surface area contributed by atoms with E-state index in [4.69, 9.17) is 25.8 Å². The molecule has 0 radical (unpaired) electrons. The van der Waals surface area contributed by atoms with Crippen LogP contribution in [0, 0.1) is 0 Å². The second-order valence-electron chi connectivity index (χ2n) is 5.54. The normalized spacial score (nSPS) is 18.6. The van der Waals surface area contributed by atoms with E-state index >= 15 is 0 Å². The van der Waals surface area contributed by atoms with Crippen LogP contribution in [0.2, 0.25) is 5.15 Å². The molecule has 2 aromatic heterocycles. The van der Waals surface area contributed by atoms with Gasteiger partial charge in [0.05, 0.1) is 18.7 Å². The molecule has 1 saturated heterocycles. The molecule has 0 spiro atoms. The third-order valence-corrected chi connectivity index (χ3v) is 4.14. The third-order valence-electron chi connectivity index (χ3n) is 3.86. The van der Waals surface area contributed by atoms with Crippen molar-refractivity contribution in [3.05, 3.63) is 23.7 Å². The number of hydrogen-bond acceptors (Lipinski definition) is 5. The van der Waals surface area contributed by atoms with E-state index in [0.717, 1.165) is 43.4 Å². The fourth-order valence-corrected chi connectivity index (χ4v) is 2.95. The van der Waals surface area contributed by atoms with Gasteiger partial charge >= 0.3 is 0 Å².